The summed E-state index contributed by atoms with van der Waals surface area (Å²) in [7, 11) is -4.05. The molecule has 0 radical (unpaired) electrons. The van der Waals surface area contributed by atoms with Crippen molar-refractivity contribution in [3.63, 3.8) is 0 Å². The number of rotatable bonds is 6. The highest BCUT2D eigenvalue weighted by Crippen LogP contribution is 2.31. The number of nitrogens with one attached hydrogen (secondary N) is 1. The maximum absolute atomic E-state index is 12.7. The molecule has 2 aromatic heterocycles. The van der Waals surface area contributed by atoms with E-state index in [2.05, 4.69) is 19.7 Å². The van der Waals surface area contributed by atoms with Crippen molar-refractivity contribution >= 4 is 39.0 Å². The Hall–Kier alpha value is -2.42. The molecule has 0 aliphatic rings. The molecule has 7 nitrogen and oxygen atoms in total. The first kappa shape index (κ1) is 19.3. The first-order valence-electron chi connectivity index (χ1n) is 7.69. The number of ether oxygens (including phenoxy) is 1. The highest BCUT2D eigenvalue weighted by molar-refractivity contribution is 7.92. The molecule has 3 rings (SSSR count). The van der Waals surface area contributed by atoms with Gasteiger partial charge in [0.15, 0.2) is 0 Å². The van der Waals surface area contributed by atoms with E-state index < -0.39 is 10.0 Å². The molecule has 0 fully saturated rings. The molecule has 0 atom stereocenters. The topological polar surface area (TPSA) is 94.1 Å². The summed E-state index contributed by atoms with van der Waals surface area (Å²) in [6.07, 6.45) is 4.71. The van der Waals surface area contributed by atoms with E-state index in [9.17, 15) is 8.42 Å². The molecule has 0 amide bonds. The fourth-order valence-electron chi connectivity index (χ4n) is 2.13. The van der Waals surface area contributed by atoms with E-state index in [1.807, 2.05) is 6.07 Å². The lowest BCUT2D eigenvalue weighted by Crippen LogP contribution is -2.16. The lowest BCUT2D eigenvalue weighted by atomic mass is 10.3. The zero-order chi connectivity index (χ0) is 19.4. The minimum atomic E-state index is -4.05. The minimum Gasteiger partial charge on any atom is -0.470 e. The van der Waals surface area contributed by atoms with Gasteiger partial charge in [0.25, 0.3) is 15.9 Å². The van der Waals surface area contributed by atoms with E-state index >= 15 is 0 Å². The molecule has 3 aromatic rings. The molecule has 140 valence electrons. The number of anilines is 1. The van der Waals surface area contributed by atoms with Crippen LogP contribution in [0.2, 0.25) is 10.0 Å². The predicted octanol–water partition coefficient (Wildman–Crippen LogP) is 3.87. The fourth-order valence-corrected chi connectivity index (χ4v) is 3.90. The Balaban J connectivity index is 1.89. The molecule has 1 aromatic carbocycles. The van der Waals surface area contributed by atoms with Gasteiger partial charge in [0.05, 0.1) is 21.9 Å². The Morgan fingerprint density at radius 2 is 1.96 bits per heavy atom. The van der Waals surface area contributed by atoms with Gasteiger partial charge in [-0.15, -0.1) is 0 Å². The number of aryl methyl sites for hydroxylation is 1. The maximum Gasteiger partial charge on any atom is 0.264 e. The summed E-state index contributed by atoms with van der Waals surface area (Å²) in [5.41, 5.74) is 1.37. The van der Waals surface area contributed by atoms with Crippen LogP contribution in [0.25, 0.3) is 0 Å². The van der Waals surface area contributed by atoms with E-state index in [1.165, 1.54) is 24.4 Å². The number of hydrogen-bond donors (Lipinski definition) is 1. The van der Waals surface area contributed by atoms with Gasteiger partial charge < -0.3 is 4.74 Å². The van der Waals surface area contributed by atoms with Crippen LogP contribution < -0.4 is 9.46 Å². The lowest BCUT2D eigenvalue weighted by molar-refractivity contribution is 0.293. The third-order valence-electron chi connectivity index (χ3n) is 3.40. The molecule has 27 heavy (non-hydrogen) atoms. The van der Waals surface area contributed by atoms with E-state index in [0.717, 1.165) is 5.56 Å². The van der Waals surface area contributed by atoms with Crippen LogP contribution in [-0.4, -0.2) is 23.4 Å². The fraction of sp³-hybridized carbons (Fsp3) is 0.118. The summed E-state index contributed by atoms with van der Waals surface area (Å²) in [5.74, 6) is -0.0129. The van der Waals surface area contributed by atoms with Gasteiger partial charge in [-0.25, -0.2) is 18.4 Å². The van der Waals surface area contributed by atoms with Gasteiger partial charge in [-0.1, -0.05) is 35.3 Å². The van der Waals surface area contributed by atoms with Gasteiger partial charge >= 0.3 is 0 Å². The molecule has 0 saturated carbocycles. The van der Waals surface area contributed by atoms with Crippen LogP contribution in [0.1, 0.15) is 11.3 Å². The number of aromatic nitrogens is 3. The van der Waals surface area contributed by atoms with Crippen molar-refractivity contribution in [3.05, 3.63) is 70.2 Å². The Labute approximate surface area is 166 Å². The third-order valence-corrected chi connectivity index (χ3v) is 5.71. The Morgan fingerprint density at radius 1 is 1.15 bits per heavy atom. The first-order chi connectivity index (χ1) is 12.9. The van der Waals surface area contributed by atoms with Gasteiger partial charge in [0.1, 0.15) is 11.5 Å². The molecule has 1 N–H and O–H groups in total. The highest BCUT2D eigenvalue weighted by atomic mass is 35.5. The Bertz CT molecular complexity index is 1060. The molecule has 10 heteroatoms. The van der Waals surface area contributed by atoms with Crippen molar-refractivity contribution in [2.45, 2.75) is 18.4 Å². The van der Waals surface area contributed by atoms with E-state index in [0.29, 0.717) is 5.69 Å². The van der Waals surface area contributed by atoms with Gasteiger partial charge in [0.2, 0.25) is 5.82 Å². The van der Waals surface area contributed by atoms with Crippen molar-refractivity contribution in [1.29, 1.82) is 0 Å². The van der Waals surface area contributed by atoms with E-state index in [-0.39, 0.29) is 33.2 Å². The lowest BCUT2D eigenvalue weighted by Gasteiger charge is -2.13. The molecule has 0 bridgehead atoms. The number of benzene rings is 1. The van der Waals surface area contributed by atoms with Crippen LogP contribution in [0.15, 0.2) is 53.8 Å². The summed E-state index contributed by atoms with van der Waals surface area (Å²) in [5, 5.41) is 0.0483. The predicted molar refractivity (Wildman–Crippen MR) is 103 cm³/mol. The van der Waals surface area contributed by atoms with Crippen LogP contribution in [-0.2, 0) is 16.6 Å². The molecule has 0 spiro atoms. The van der Waals surface area contributed by atoms with Crippen LogP contribution in [0.4, 0.5) is 5.82 Å². The number of nitrogens with zero attached hydrogens (tertiary/aromatic N) is 3. The highest BCUT2D eigenvalue weighted by Gasteiger charge is 2.22. The molecule has 0 aliphatic heterocycles. The molecule has 0 aliphatic carbocycles. The number of hydrogen-bond acceptors (Lipinski definition) is 6. The second kappa shape index (κ2) is 8.08. The number of sulfonamides is 1. The van der Waals surface area contributed by atoms with Crippen LogP contribution in [0.3, 0.4) is 0 Å². The minimum absolute atomic E-state index is 0.0422. The van der Waals surface area contributed by atoms with Crippen LogP contribution in [0.5, 0.6) is 5.88 Å². The summed E-state index contributed by atoms with van der Waals surface area (Å²) >= 11 is 11.9. The quantitative estimate of drug-likeness (QED) is 0.645. The van der Waals surface area contributed by atoms with Crippen molar-refractivity contribution in [1.82, 2.24) is 15.0 Å². The average molecular weight is 425 g/mol. The second-order valence-electron chi connectivity index (χ2n) is 5.47. The molecule has 0 saturated heterocycles. The monoisotopic (exact) mass is 424 g/mol. The Kier molecular flexibility index (Phi) is 5.79. The van der Waals surface area contributed by atoms with Crippen molar-refractivity contribution in [2.24, 2.45) is 0 Å². The van der Waals surface area contributed by atoms with E-state index in [1.54, 1.807) is 25.4 Å². The standard InChI is InChI=1S/C17H14Cl2N4O3S/c1-11-8-21-16(17(22-11)26-10-12-4-3-7-20-9-12)23-27(24,25)14-6-2-5-13(18)15(14)19/h2-9H,10H2,1H3,(H,21,23). The summed E-state index contributed by atoms with van der Waals surface area (Å²) < 4.78 is 33.4. The number of pyridine rings is 1. The van der Waals surface area contributed by atoms with Gasteiger partial charge in [-0.3, -0.25) is 9.71 Å². The summed E-state index contributed by atoms with van der Waals surface area (Å²) in [4.78, 5) is 12.1. The largest absolute Gasteiger partial charge is 0.470 e. The van der Waals surface area contributed by atoms with Crippen molar-refractivity contribution in [3.8, 4) is 5.88 Å². The molecule has 0 unspecified atom stereocenters. The summed E-state index contributed by atoms with van der Waals surface area (Å²) in [6, 6.07) is 7.92. The summed E-state index contributed by atoms with van der Waals surface area (Å²) in [6.45, 7) is 1.87. The molecular weight excluding hydrogens is 411 g/mol. The zero-order valence-electron chi connectivity index (χ0n) is 14.1. The van der Waals surface area contributed by atoms with Crippen molar-refractivity contribution in [2.75, 3.05) is 4.72 Å². The van der Waals surface area contributed by atoms with Gasteiger partial charge in [0, 0.05) is 18.0 Å². The van der Waals surface area contributed by atoms with Crippen molar-refractivity contribution < 1.29 is 13.2 Å². The van der Waals surface area contributed by atoms with Crippen LogP contribution >= 0.6 is 23.2 Å². The number of halogens is 2. The van der Waals surface area contributed by atoms with Crippen LogP contribution in [0, 0.1) is 6.92 Å². The van der Waals surface area contributed by atoms with E-state index in [4.69, 9.17) is 27.9 Å². The van der Waals surface area contributed by atoms with Gasteiger partial charge in [-0.2, -0.15) is 0 Å². The average Bonchev–Trinajstić information content (AvgIpc) is 2.64. The van der Waals surface area contributed by atoms with Gasteiger partial charge in [-0.05, 0) is 25.1 Å². The third kappa shape index (κ3) is 4.65. The SMILES string of the molecule is Cc1cnc(NS(=O)(=O)c2cccc(Cl)c2Cl)c(OCc2cccnc2)n1. The molecule has 2 heterocycles. The molecular formula is C17H14Cl2N4O3S. The smallest absolute Gasteiger partial charge is 0.264 e. The zero-order valence-corrected chi connectivity index (χ0v) is 16.4. The second-order valence-corrected chi connectivity index (χ2v) is 7.91. The Morgan fingerprint density at radius 3 is 2.70 bits per heavy atom. The normalized spacial score (nSPS) is 11.2. The maximum atomic E-state index is 12.7. The first-order valence-corrected chi connectivity index (χ1v) is 9.93.